The van der Waals surface area contributed by atoms with Gasteiger partial charge in [-0.15, -0.1) is 0 Å². The predicted molar refractivity (Wildman–Crippen MR) is 80.6 cm³/mol. The van der Waals surface area contributed by atoms with E-state index in [0.717, 1.165) is 5.75 Å². The molecule has 2 aromatic carbocycles. The molecule has 0 amide bonds. The Balaban J connectivity index is 1.71. The first-order valence-corrected chi connectivity index (χ1v) is 7.00. The van der Waals surface area contributed by atoms with Gasteiger partial charge in [0.15, 0.2) is 11.6 Å². The van der Waals surface area contributed by atoms with Crippen molar-refractivity contribution in [2.45, 2.75) is 6.42 Å². The molecule has 0 bridgehead atoms. The van der Waals surface area contributed by atoms with E-state index in [9.17, 15) is 4.39 Å². The molecule has 106 valence electrons. The first-order chi connectivity index (χ1) is 9.65. The SMILES string of the molecule is Nc1cccc(OCCCOc2ccc(Br)cc2F)c1. The van der Waals surface area contributed by atoms with E-state index < -0.39 is 0 Å². The number of hydrogen-bond donors (Lipinski definition) is 1. The summed E-state index contributed by atoms with van der Waals surface area (Å²) in [5, 5.41) is 0. The minimum absolute atomic E-state index is 0.247. The fourth-order valence-corrected chi connectivity index (χ4v) is 1.96. The second-order valence-corrected chi connectivity index (χ2v) is 5.11. The third-order valence-electron chi connectivity index (χ3n) is 2.57. The van der Waals surface area contributed by atoms with Gasteiger partial charge in [0, 0.05) is 22.6 Å². The van der Waals surface area contributed by atoms with Crippen molar-refractivity contribution in [2.24, 2.45) is 0 Å². The molecule has 2 aromatic rings. The molecule has 2 rings (SSSR count). The fraction of sp³-hybridized carbons (Fsp3) is 0.200. The van der Waals surface area contributed by atoms with Crippen molar-refractivity contribution in [3.05, 3.63) is 52.8 Å². The quantitative estimate of drug-likeness (QED) is 0.638. The van der Waals surface area contributed by atoms with Crippen LogP contribution in [0.3, 0.4) is 0 Å². The summed E-state index contributed by atoms with van der Waals surface area (Å²) in [5.74, 6) is 0.591. The summed E-state index contributed by atoms with van der Waals surface area (Å²) < 4.78 is 25.0. The van der Waals surface area contributed by atoms with Crippen LogP contribution >= 0.6 is 15.9 Å². The van der Waals surface area contributed by atoms with Gasteiger partial charge in [-0.3, -0.25) is 0 Å². The molecule has 0 spiro atoms. The highest BCUT2D eigenvalue weighted by atomic mass is 79.9. The Morgan fingerprint density at radius 1 is 1.05 bits per heavy atom. The molecule has 0 saturated heterocycles. The zero-order chi connectivity index (χ0) is 14.4. The largest absolute Gasteiger partial charge is 0.493 e. The van der Waals surface area contributed by atoms with Gasteiger partial charge in [0.2, 0.25) is 0 Å². The van der Waals surface area contributed by atoms with E-state index >= 15 is 0 Å². The van der Waals surface area contributed by atoms with Crippen LogP contribution in [0.15, 0.2) is 46.9 Å². The average Bonchev–Trinajstić information content (AvgIpc) is 2.41. The highest BCUT2D eigenvalue weighted by Gasteiger charge is 2.03. The zero-order valence-electron chi connectivity index (χ0n) is 10.8. The molecule has 0 fully saturated rings. The highest BCUT2D eigenvalue weighted by Crippen LogP contribution is 2.21. The number of benzene rings is 2. The van der Waals surface area contributed by atoms with Crippen molar-refractivity contribution in [3.8, 4) is 11.5 Å². The number of nitrogens with two attached hydrogens (primary N) is 1. The molecule has 0 atom stereocenters. The van der Waals surface area contributed by atoms with Gasteiger partial charge in [0.05, 0.1) is 13.2 Å². The van der Waals surface area contributed by atoms with Crippen LogP contribution in [0.1, 0.15) is 6.42 Å². The van der Waals surface area contributed by atoms with Crippen molar-refractivity contribution in [1.82, 2.24) is 0 Å². The maximum atomic E-state index is 13.5. The van der Waals surface area contributed by atoms with E-state index in [1.54, 1.807) is 24.3 Å². The monoisotopic (exact) mass is 339 g/mol. The summed E-state index contributed by atoms with van der Waals surface area (Å²) in [6, 6.07) is 11.9. The van der Waals surface area contributed by atoms with E-state index in [1.807, 2.05) is 12.1 Å². The molecule has 0 aliphatic heterocycles. The third kappa shape index (κ3) is 4.42. The van der Waals surface area contributed by atoms with Gasteiger partial charge in [-0.05, 0) is 30.3 Å². The zero-order valence-corrected chi connectivity index (χ0v) is 12.4. The lowest BCUT2D eigenvalue weighted by molar-refractivity contribution is 0.241. The van der Waals surface area contributed by atoms with Gasteiger partial charge in [0.1, 0.15) is 5.75 Å². The standard InChI is InChI=1S/C15H15BrFNO2/c16-11-5-6-15(14(17)9-11)20-8-2-7-19-13-4-1-3-12(18)10-13/h1,3-6,9-10H,2,7-8,18H2. The summed E-state index contributed by atoms with van der Waals surface area (Å²) in [4.78, 5) is 0. The smallest absolute Gasteiger partial charge is 0.166 e. The minimum atomic E-state index is -0.379. The lowest BCUT2D eigenvalue weighted by Gasteiger charge is -2.09. The van der Waals surface area contributed by atoms with Gasteiger partial charge >= 0.3 is 0 Å². The van der Waals surface area contributed by atoms with Crippen LogP contribution in [0, 0.1) is 5.82 Å². The van der Waals surface area contributed by atoms with E-state index in [2.05, 4.69) is 15.9 Å². The predicted octanol–water partition coefficient (Wildman–Crippen LogP) is 4.02. The number of rotatable bonds is 6. The Bertz CT molecular complexity index is 578. The molecule has 5 heteroatoms. The maximum Gasteiger partial charge on any atom is 0.166 e. The average molecular weight is 340 g/mol. The molecule has 20 heavy (non-hydrogen) atoms. The molecule has 0 unspecified atom stereocenters. The van der Waals surface area contributed by atoms with Gasteiger partial charge in [-0.25, -0.2) is 4.39 Å². The summed E-state index contributed by atoms with van der Waals surface area (Å²) >= 11 is 3.20. The lowest BCUT2D eigenvalue weighted by Crippen LogP contribution is -2.06. The molecule has 0 aliphatic rings. The van der Waals surface area contributed by atoms with Crippen LogP contribution in [0.5, 0.6) is 11.5 Å². The van der Waals surface area contributed by atoms with E-state index in [1.165, 1.54) is 6.07 Å². The molecular formula is C15H15BrFNO2. The topological polar surface area (TPSA) is 44.5 Å². The number of halogens is 2. The number of hydrogen-bond acceptors (Lipinski definition) is 3. The number of ether oxygens (including phenoxy) is 2. The second kappa shape index (κ2) is 7.14. The summed E-state index contributed by atoms with van der Waals surface area (Å²) in [5.41, 5.74) is 6.31. The summed E-state index contributed by atoms with van der Waals surface area (Å²) in [6.45, 7) is 0.877. The normalized spacial score (nSPS) is 10.3. The minimum Gasteiger partial charge on any atom is -0.493 e. The Morgan fingerprint density at radius 2 is 1.85 bits per heavy atom. The molecule has 0 radical (unpaired) electrons. The second-order valence-electron chi connectivity index (χ2n) is 4.20. The van der Waals surface area contributed by atoms with Crippen LogP contribution < -0.4 is 15.2 Å². The van der Waals surface area contributed by atoms with Crippen molar-refractivity contribution in [2.75, 3.05) is 18.9 Å². The molecule has 0 aliphatic carbocycles. The first-order valence-electron chi connectivity index (χ1n) is 6.21. The Labute approximate surface area is 125 Å². The molecule has 0 heterocycles. The van der Waals surface area contributed by atoms with Crippen molar-refractivity contribution >= 4 is 21.6 Å². The Morgan fingerprint density at radius 3 is 2.60 bits per heavy atom. The van der Waals surface area contributed by atoms with Gasteiger partial charge in [-0.1, -0.05) is 22.0 Å². The molecule has 3 nitrogen and oxygen atoms in total. The van der Waals surface area contributed by atoms with Crippen molar-refractivity contribution in [1.29, 1.82) is 0 Å². The van der Waals surface area contributed by atoms with Crippen LogP contribution in [-0.2, 0) is 0 Å². The lowest BCUT2D eigenvalue weighted by atomic mass is 10.3. The third-order valence-corrected chi connectivity index (χ3v) is 3.06. The molecule has 2 N–H and O–H groups in total. The van der Waals surface area contributed by atoms with E-state index in [-0.39, 0.29) is 11.6 Å². The number of nitrogen functional groups attached to an aromatic ring is 1. The Kier molecular flexibility index (Phi) is 5.24. The van der Waals surface area contributed by atoms with Crippen LogP contribution in [0.2, 0.25) is 0 Å². The van der Waals surface area contributed by atoms with Gasteiger partial charge in [0.25, 0.3) is 0 Å². The van der Waals surface area contributed by atoms with Crippen LogP contribution in [0.25, 0.3) is 0 Å². The van der Waals surface area contributed by atoms with Crippen LogP contribution in [0.4, 0.5) is 10.1 Å². The van der Waals surface area contributed by atoms with Gasteiger partial charge in [-0.2, -0.15) is 0 Å². The van der Waals surface area contributed by atoms with Gasteiger partial charge < -0.3 is 15.2 Å². The summed E-state index contributed by atoms with van der Waals surface area (Å²) in [7, 11) is 0. The van der Waals surface area contributed by atoms with E-state index in [4.69, 9.17) is 15.2 Å². The van der Waals surface area contributed by atoms with Crippen molar-refractivity contribution in [3.63, 3.8) is 0 Å². The maximum absolute atomic E-state index is 13.5. The first kappa shape index (κ1) is 14.7. The van der Waals surface area contributed by atoms with Crippen molar-refractivity contribution < 1.29 is 13.9 Å². The Hall–Kier alpha value is -1.75. The number of anilines is 1. The summed E-state index contributed by atoms with van der Waals surface area (Å²) in [6.07, 6.45) is 0.657. The molecule has 0 saturated carbocycles. The van der Waals surface area contributed by atoms with Crippen LogP contribution in [-0.4, -0.2) is 13.2 Å². The van der Waals surface area contributed by atoms with E-state index in [0.29, 0.717) is 29.8 Å². The fourth-order valence-electron chi connectivity index (χ4n) is 1.63. The highest BCUT2D eigenvalue weighted by molar-refractivity contribution is 9.10. The molecule has 0 aromatic heterocycles. The molecular weight excluding hydrogens is 325 g/mol.